The quantitative estimate of drug-likeness (QED) is 0.459. The Morgan fingerprint density at radius 1 is 1.12 bits per heavy atom. The van der Waals surface area contributed by atoms with Gasteiger partial charge in [-0.15, -0.1) is 11.3 Å². The number of aromatic nitrogens is 2. The van der Waals surface area contributed by atoms with E-state index in [1.165, 1.54) is 16.9 Å². The Kier molecular flexibility index (Phi) is 5.90. The molecule has 0 fully saturated rings. The first-order chi connectivity index (χ1) is 16.0. The Labute approximate surface area is 195 Å². The van der Waals surface area contributed by atoms with Gasteiger partial charge >= 0.3 is 0 Å². The standard InChI is InChI=1S/C26H24N4O2S/c1-17-6-5-9-19(14-17)21-11-10-20(24(31)27-21)25(32)29-26-28-22-12-13-30(16-23(22)33-26)15-18-7-3-2-4-8-18/h2-11,14H,12-13,15-16H2,1H3,(H,27,31)(H,28,29,32). The van der Waals surface area contributed by atoms with Crippen molar-refractivity contribution in [1.29, 1.82) is 0 Å². The molecule has 0 atom stereocenters. The van der Waals surface area contributed by atoms with Crippen LogP contribution in [0.3, 0.4) is 0 Å². The van der Waals surface area contributed by atoms with Crippen LogP contribution in [0.1, 0.15) is 32.1 Å². The molecular weight excluding hydrogens is 432 g/mol. The maximum atomic E-state index is 12.8. The van der Waals surface area contributed by atoms with Crippen molar-refractivity contribution in [2.24, 2.45) is 0 Å². The lowest BCUT2D eigenvalue weighted by molar-refractivity contribution is 0.102. The summed E-state index contributed by atoms with van der Waals surface area (Å²) in [5, 5.41) is 3.35. The Bertz CT molecular complexity index is 1360. The number of carbonyl (C=O) groups is 1. The normalized spacial score (nSPS) is 13.5. The number of hydrogen-bond donors (Lipinski definition) is 2. The summed E-state index contributed by atoms with van der Waals surface area (Å²) in [6.07, 6.45) is 0.848. The highest BCUT2D eigenvalue weighted by Gasteiger charge is 2.22. The van der Waals surface area contributed by atoms with Gasteiger partial charge in [-0.2, -0.15) is 0 Å². The average molecular weight is 457 g/mol. The van der Waals surface area contributed by atoms with Gasteiger partial charge in [0.05, 0.1) is 5.69 Å². The third-order valence-corrected chi connectivity index (χ3v) is 6.76. The van der Waals surface area contributed by atoms with Gasteiger partial charge in [0, 0.05) is 36.6 Å². The summed E-state index contributed by atoms with van der Waals surface area (Å²) >= 11 is 1.48. The van der Waals surface area contributed by atoms with Crippen LogP contribution < -0.4 is 10.9 Å². The summed E-state index contributed by atoms with van der Waals surface area (Å²) < 4.78 is 0. The molecule has 3 heterocycles. The molecule has 0 unspecified atom stereocenters. The van der Waals surface area contributed by atoms with Crippen molar-refractivity contribution in [3.8, 4) is 11.3 Å². The van der Waals surface area contributed by atoms with Crippen molar-refractivity contribution < 1.29 is 4.79 Å². The number of aryl methyl sites for hydroxylation is 1. The Morgan fingerprint density at radius 3 is 2.76 bits per heavy atom. The largest absolute Gasteiger partial charge is 0.321 e. The highest BCUT2D eigenvalue weighted by Crippen LogP contribution is 2.29. The molecule has 1 amide bonds. The molecule has 0 radical (unpaired) electrons. The number of nitrogens with zero attached hydrogens (tertiary/aromatic N) is 2. The van der Waals surface area contributed by atoms with E-state index in [0.29, 0.717) is 10.8 Å². The summed E-state index contributed by atoms with van der Waals surface area (Å²) in [5.41, 5.74) is 4.67. The lowest BCUT2D eigenvalue weighted by Gasteiger charge is -2.25. The van der Waals surface area contributed by atoms with Crippen LogP contribution in [0.25, 0.3) is 11.3 Å². The summed E-state index contributed by atoms with van der Waals surface area (Å²) in [4.78, 5) is 36.4. The van der Waals surface area contributed by atoms with Crippen LogP contribution >= 0.6 is 11.3 Å². The summed E-state index contributed by atoms with van der Waals surface area (Å²) in [6.45, 7) is 4.63. The smallest absolute Gasteiger partial charge is 0.263 e. The zero-order valence-electron chi connectivity index (χ0n) is 18.3. The molecule has 7 heteroatoms. The first kappa shape index (κ1) is 21.3. The predicted octanol–water partition coefficient (Wildman–Crippen LogP) is 4.62. The first-order valence-electron chi connectivity index (χ1n) is 10.9. The maximum Gasteiger partial charge on any atom is 0.263 e. The maximum absolute atomic E-state index is 12.8. The van der Waals surface area contributed by atoms with E-state index in [0.717, 1.165) is 47.8 Å². The SMILES string of the molecule is Cc1cccc(-c2ccc(C(=O)Nc3nc4c(s3)CN(Cc3ccccc3)CC4)c(=O)[nH]2)c1. The number of H-pyrrole nitrogens is 1. The minimum atomic E-state index is -0.445. The van der Waals surface area contributed by atoms with Gasteiger partial charge in [-0.3, -0.25) is 19.8 Å². The first-order valence-corrected chi connectivity index (χ1v) is 11.7. The molecule has 1 aliphatic rings. The Morgan fingerprint density at radius 2 is 1.97 bits per heavy atom. The third-order valence-electron chi connectivity index (χ3n) is 5.76. The Hall–Kier alpha value is -3.55. The average Bonchev–Trinajstić information content (AvgIpc) is 3.21. The Balaban J connectivity index is 1.28. The monoisotopic (exact) mass is 456 g/mol. The van der Waals surface area contributed by atoms with Gasteiger partial charge in [-0.05, 0) is 36.2 Å². The molecule has 33 heavy (non-hydrogen) atoms. The topological polar surface area (TPSA) is 78.1 Å². The van der Waals surface area contributed by atoms with Gasteiger partial charge in [0.2, 0.25) is 0 Å². The zero-order valence-corrected chi connectivity index (χ0v) is 19.1. The number of carbonyl (C=O) groups excluding carboxylic acids is 1. The van der Waals surface area contributed by atoms with Crippen molar-refractivity contribution in [2.75, 3.05) is 11.9 Å². The lowest BCUT2D eigenvalue weighted by atomic mass is 10.1. The molecule has 6 nitrogen and oxygen atoms in total. The van der Waals surface area contributed by atoms with Crippen molar-refractivity contribution in [2.45, 2.75) is 26.4 Å². The molecule has 166 valence electrons. The van der Waals surface area contributed by atoms with E-state index in [4.69, 9.17) is 0 Å². The summed E-state index contributed by atoms with van der Waals surface area (Å²) in [5.74, 6) is -0.445. The van der Waals surface area contributed by atoms with Crippen LogP contribution in [-0.2, 0) is 19.5 Å². The summed E-state index contributed by atoms with van der Waals surface area (Å²) in [6, 6.07) is 21.6. The van der Waals surface area contributed by atoms with Gasteiger partial charge in [-0.1, -0.05) is 54.1 Å². The number of aromatic amines is 1. The fraction of sp³-hybridized carbons (Fsp3) is 0.192. The number of fused-ring (bicyclic) bond motifs is 1. The molecule has 2 N–H and O–H groups in total. The van der Waals surface area contributed by atoms with E-state index in [1.807, 2.05) is 37.3 Å². The number of hydrogen-bond acceptors (Lipinski definition) is 5. The second-order valence-corrected chi connectivity index (χ2v) is 9.36. The van der Waals surface area contributed by atoms with Crippen LogP contribution in [0.5, 0.6) is 0 Å². The summed E-state index contributed by atoms with van der Waals surface area (Å²) in [7, 11) is 0. The van der Waals surface area contributed by atoms with E-state index in [-0.39, 0.29) is 5.56 Å². The van der Waals surface area contributed by atoms with Gasteiger partial charge in [-0.25, -0.2) is 4.98 Å². The molecule has 0 saturated carbocycles. The number of anilines is 1. The van der Waals surface area contributed by atoms with Gasteiger partial charge in [0.25, 0.3) is 11.5 Å². The van der Waals surface area contributed by atoms with Crippen LogP contribution in [0.4, 0.5) is 5.13 Å². The van der Waals surface area contributed by atoms with Crippen molar-refractivity contribution in [3.05, 3.63) is 104 Å². The number of amides is 1. The minimum Gasteiger partial charge on any atom is -0.321 e. The molecule has 2 aromatic carbocycles. The van der Waals surface area contributed by atoms with Crippen molar-refractivity contribution >= 4 is 22.4 Å². The molecule has 4 aromatic rings. The zero-order chi connectivity index (χ0) is 22.8. The number of pyridine rings is 1. The minimum absolute atomic E-state index is 0.0743. The van der Waals surface area contributed by atoms with Gasteiger partial charge in [0.15, 0.2) is 5.13 Å². The van der Waals surface area contributed by atoms with Crippen LogP contribution in [0.2, 0.25) is 0 Å². The highest BCUT2D eigenvalue weighted by molar-refractivity contribution is 7.15. The molecule has 0 spiro atoms. The molecule has 1 aliphatic heterocycles. The van der Waals surface area contributed by atoms with Crippen molar-refractivity contribution in [3.63, 3.8) is 0 Å². The highest BCUT2D eigenvalue weighted by atomic mass is 32.1. The van der Waals surface area contributed by atoms with Gasteiger partial charge < -0.3 is 4.98 Å². The van der Waals surface area contributed by atoms with E-state index in [2.05, 4.69) is 44.5 Å². The number of benzene rings is 2. The molecule has 0 bridgehead atoms. The van der Waals surface area contributed by atoms with Crippen LogP contribution in [0, 0.1) is 6.92 Å². The fourth-order valence-electron chi connectivity index (χ4n) is 4.08. The lowest BCUT2D eigenvalue weighted by Crippen LogP contribution is -2.29. The van der Waals surface area contributed by atoms with E-state index < -0.39 is 11.5 Å². The number of rotatable bonds is 5. The molecule has 0 aliphatic carbocycles. The van der Waals surface area contributed by atoms with E-state index in [1.54, 1.807) is 12.1 Å². The number of thiazole rings is 1. The second-order valence-electron chi connectivity index (χ2n) is 8.27. The van der Waals surface area contributed by atoms with Gasteiger partial charge in [0.1, 0.15) is 5.56 Å². The molecule has 5 rings (SSSR count). The molecular formula is C26H24N4O2S. The molecule has 2 aromatic heterocycles. The van der Waals surface area contributed by atoms with Crippen LogP contribution in [-0.4, -0.2) is 27.3 Å². The van der Waals surface area contributed by atoms with E-state index >= 15 is 0 Å². The van der Waals surface area contributed by atoms with Crippen molar-refractivity contribution in [1.82, 2.24) is 14.9 Å². The second kappa shape index (κ2) is 9.13. The predicted molar refractivity (Wildman–Crippen MR) is 132 cm³/mol. The fourth-order valence-corrected chi connectivity index (χ4v) is 5.12. The molecule has 0 saturated heterocycles. The van der Waals surface area contributed by atoms with E-state index in [9.17, 15) is 9.59 Å². The van der Waals surface area contributed by atoms with Crippen LogP contribution in [0.15, 0.2) is 71.5 Å². The third kappa shape index (κ3) is 4.79. The number of nitrogens with one attached hydrogen (secondary N) is 2.